The van der Waals surface area contributed by atoms with Gasteiger partial charge in [-0.2, -0.15) is 0 Å². The van der Waals surface area contributed by atoms with Gasteiger partial charge in [0.05, 0.1) is 6.61 Å². The molecule has 1 rings (SSSR count). The van der Waals surface area contributed by atoms with Crippen molar-refractivity contribution in [2.75, 3.05) is 6.61 Å². The highest BCUT2D eigenvalue weighted by atomic mass is 79.9. The first-order valence-electron chi connectivity index (χ1n) is 3.77. The molecule has 0 bridgehead atoms. The van der Waals surface area contributed by atoms with Gasteiger partial charge in [-0.1, -0.05) is 28.1 Å². The van der Waals surface area contributed by atoms with Crippen molar-refractivity contribution in [2.24, 2.45) is 0 Å². The van der Waals surface area contributed by atoms with E-state index in [0.29, 0.717) is 6.42 Å². The first kappa shape index (κ1) is 9.71. The number of benzene rings is 1. The number of aliphatic hydroxyl groups excluding tert-OH is 2. The molecule has 2 N–H and O–H groups in total. The minimum atomic E-state index is 0.0473. The summed E-state index contributed by atoms with van der Waals surface area (Å²) in [5.74, 6) is 0. The van der Waals surface area contributed by atoms with E-state index in [4.69, 9.17) is 10.2 Å². The summed E-state index contributed by atoms with van der Waals surface area (Å²) in [6.45, 7) is 0.180. The molecule has 12 heavy (non-hydrogen) atoms. The monoisotopic (exact) mass is 230 g/mol. The lowest BCUT2D eigenvalue weighted by molar-refractivity contribution is 0.281. The molecule has 2 nitrogen and oxygen atoms in total. The van der Waals surface area contributed by atoms with Crippen molar-refractivity contribution in [3.8, 4) is 0 Å². The summed E-state index contributed by atoms with van der Waals surface area (Å²) in [7, 11) is 0. The fourth-order valence-electron chi connectivity index (χ4n) is 1.04. The maximum Gasteiger partial charge on any atom is 0.0681 e. The Hall–Kier alpha value is -0.380. The molecule has 0 saturated carbocycles. The molecular formula is C9H11BrO2. The van der Waals surface area contributed by atoms with E-state index in [-0.39, 0.29) is 13.2 Å². The predicted octanol–water partition coefficient (Wildman–Crippen LogP) is 1.48. The number of hydrogen-bond donors (Lipinski definition) is 2. The lowest BCUT2D eigenvalue weighted by Gasteiger charge is -2.04. The van der Waals surface area contributed by atoms with Crippen LogP contribution in [0, 0.1) is 0 Å². The van der Waals surface area contributed by atoms with E-state index in [1.807, 2.05) is 18.2 Å². The zero-order valence-corrected chi connectivity index (χ0v) is 8.21. The molecular weight excluding hydrogens is 220 g/mol. The average molecular weight is 231 g/mol. The van der Waals surface area contributed by atoms with Crippen LogP contribution in [0.25, 0.3) is 0 Å². The van der Waals surface area contributed by atoms with Gasteiger partial charge in [0.25, 0.3) is 0 Å². The third kappa shape index (κ3) is 2.30. The zero-order valence-electron chi connectivity index (χ0n) is 6.63. The molecule has 1 aromatic carbocycles. The minimum Gasteiger partial charge on any atom is -0.396 e. The van der Waals surface area contributed by atoms with E-state index in [1.54, 1.807) is 0 Å². The molecule has 0 aliphatic rings. The Bertz CT molecular complexity index is 261. The predicted molar refractivity (Wildman–Crippen MR) is 50.9 cm³/mol. The van der Waals surface area contributed by atoms with Crippen LogP contribution < -0.4 is 0 Å². The molecule has 0 amide bonds. The maximum absolute atomic E-state index is 8.84. The van der Waals surface area contributed by atoms with Crippen molar-refractivity contribution in [1.29, 1.82) is 0 Å². The summed E-state index contributed by atoms with van der Waals surface area (Å²) in [6, 6.07) is 5.63. The summed E-state index contributed by atoms with van der Waals surface area (Å²) in [5.41, 5.74) is 1.91. The van der Waals surface area contributed by atoms with E-state index in [0.717, 1.165) is 15.6 Å². The molecule has 0 unspecified atom stereocenters. The standard InChI is InChI=1S/C9H11BrO2/c10-9-2-1-7(6-12)5-8(9)3-4-11/h1-2,5,11-12H,3-4,6H2. The smallest absolute Gasteiger partial charge is 0.0681 e. The molecule has 0 aromatic heterocycles. The van der Waals surface area contributed by atoms with Crippen LogP contribution in [0.5, 0.6) is 0 Å². The molecule has 0 spiro atoms. The van der Waals surface area contributed by atoms with Crippen LogP contribution in [0.1, 0.15) is 11.1 Å². The fourth-order valence-corrected chi connectivity index (χ4v) is 1.48. The van der Waals surface area contributed by atoms with Crippen LogP contribution in [0.4, 0.5) is 0 Å². The molecule has 0 aliphatic carbocycles. The van der Waals surface area contributed by atoms with E-state index in [9.17, 15) is 0 Å². The van der Waals surface area contributed by atoms with Gasteiger partial charge in [0.2, 0.25) is 0 Å². The van der Waals surface area contributed by atoms with Crippen molar-refractivity contribution < 1.29 is 10.2 Å². The van der Waals surface area contributed by atoms with E-state index < -0.39 is 0 Å². The normalized spacial score (nSPS) is 10.2. The van der Waals surface area contributed by atoms with Crippen molar-refractivity contribution in [1.82, 2.24) is 0 Å². The van der Waals surface area contributed by atoms with E-state index >= 15 is 0 Å². The Morgan fingerprint density at radius 3 is 2.58 bits per heavy atom. The van der Waals surface area contributed by atoms with Gasteiger partial charge in [0, 0.05) is 11.1 Å². The van der Waals surface area contributed by atoms with Crippen LogP contribution in [0.2, 0.25) is 0 Å². The van der Waals surface area contributed by atoms with Crippen LogP contribution >= 0.6 is 15.9 Å². The van der Waals surface area contributed by atoms with Crippen molar-refractivity contribution in [3.05, 3.63) is 33.8 Å². The van der Waals surface area contributed by atoms with Crippen LogP contribution in [0.15, 0.2) is 22.7 Å². The minimum absolute atomic E-state index is 0.0473. The maximum atomic E-state index is 8.84. The quantitative estimate of drug-likeness (QED) is 0.827. The first-order chi connectivity index (χ1) is 5.77. The second-order valence-electron chi connectivity index (χ2n) is 2.56. The number of aliphatic hydroxyl groups is 2. The molecule has 1 aromatic rings. The second-order valence-corrected chi connectivity index (χ2v) is 3.41. The van der Waals surface area contributed by atoms with Gasteiger partial charge in [0.1, 0.15) is 0 Å². The van der Waals surface area contributed by atoms with E-state index in [2.05, 4.69) is 15.9 Å². The molecule has 0 radical (unpaired) electrons. The van der Waals surface area contributed by atoms with Crippen LogP contribution in [0.3, 0.4) is 0 Å². The summed E-state index contributed by atoms with van der Waals surface area (Å²) < 4.78 is 0.980. The van der Waals surface area contributed by atoms with Gasteiger partial charge in [0.15, 0.2) is 0 Å². The molecule has 0 saturated heterocycles. The lowest BCUT2D eigenvalue weighted by Crippen LogP contribution is -1.94. The molecule has 3 heteroatoms. The molecule has 66 valence electrons. The highest BCUT2D eigenvalue weighted by molar-refractivity contribution is 9.10. The number of rotatable bonds is 3. The number of hydrogen-bond acceptors (Lipinski definition) is 2. The first-order valence-corrected chi connectivity index (χ1v) is 4.56. The lowest BCUT2D eigenvalue weighted by atomic mass is 10.1. The Balaban J connectivity index is 2.91. The van der Waals surface area contributed by atoms with Gasteiger partial charge in [-0.05, 0) is 23.6 Å². The van der Waals surface area contributed by atoms with Crippen molar-refractivity contribution >= 4 is 15.9 Å². The van der Waals surface area contributed by atoms with Gasteiger partial charge >= 0.3 is 0 Å². The summed E-state index contributed by atoms with van der Waals surface area (Å²) >= 11 is 3.37. The molecule has 0 heterocycles. The highest BCUT2D eigenvalue weighted by Crippen LogP contribution is 2.18. The third-order valence-corrected chi connectivity index (χ3v) is 2.45. The number of halogens is 1. The van der Waals surface area contributed by atoms with Crippen LogP contribution in [-0.4, -0.2) is 16.8 Å². The second kappa shape index (κ2) is 4.60. The highest BCUT2D eigenvalue weighted by Gasteiger charge is 1.99. The van der Waals surface area contributed by atoms with Gasteiger partial charge < -0.3 is 10.2 Å². The topological polar surface area (TPSA) is 40.5 Å². The van der Waals surface area contributed by atoms with E-state index in [1.165, 1.54) is 0 Å². The molecule has 0 fully saturated rings. The third-order valence-electron chi connectivity index (χ3n) is 1.67. The molecule has 0 aliphatic heterocycles. The van der Waals surface area contributed by atoms with Gasteiger partial charge in [-0.3, -0.25) is 0 Å². The van der Waals surface area contributed by atoms with Crippen LogP contribution in [-0.2, 0) is 13.0 Å². The average Bonchev–Trinajstić information content (AvgIpc) is 2.09. The Kier molecular flexibility index (Phi) is 3.72. The van der Waals surface area contributed by atoms with Gasteiger partial charge in [-0.25, -0.2) is 0 Å². The van der Waals surface area contributed by atoms with Crippen molar-refractivity contribution in [3.63, 3.8) is 0 Å². The zero-order chi connectivity index (χ0) is 8.97. The SMILES string of the molecule is OCCc1cc(CO)ccc1Br. The summed E-state index contributed by atoms with van der Waals surface area (Å²) in [4.78, 5) is 0. The largest absolute Gasteiger partial charge is 0.396 e. The Morgan fingerprint density at radius 2 is 2.00 bits per heavy atom. The van der Waals surface area contributed by atoms with Crippen molar-refractivity contribution in [2.45, 2.75) is 13.0 Å². The summed E-state index contributed by atoms with van der Waals surface area (Å²) in [6.07, 6.45) is 0.619. The Labute approximate surface area is 80.0 Å². The molecule has 0 atom stereocenters. The summed E-state index contributed by atoms with van der Waals surface area (Å²) in [5, 5.41) is 17.6. The fraction of sp³-hybridized carbons (Fsp3) is 0.333. The van der Waals surface area contributed by atoms with Gasteiger partial charge in [-0.15, -0.1) is 0 Å². The Morgan fingerprint density at radius 1 is 1.25 bits per heavy atom.